The molecule has 0 bridgehead atoms. The summed E-state index contributed by atoms with van der Waals surface area (Å²) < 4.78 is 11.2. The molecule has 0 aliphatic carbocycles. The summed E-state index contributed by atoms with van der Waals surface area (Å²) in [6, 6.07) is 3.89. The van der Waals surface area contributed by atoms with Gasteiger partial charge in [0.25, 0.3) is 0 Å². The molecule has 1 aromatic heterocycles. The quantitative estimate of drug-likeness (QED) is 0.851. The van der Waals surface area contributed by atoms with Gasteiger partial charge in [-0.3, -0.25) is 14.5 Å². The van der Waals surface area contributed by atoms with Gasteiger partial charge in [-0.2, -0.15) is 0 Å². The van der Waals surface area contributed by atoms with E-state index in [4.69, 9.17) is 9.15 Å². The molecule has 0 spiro atoms. The highest BCUT2D eigenvalue weighted by Crippen LogP contribution is 2.24. The molecular weight excluding hydrogens is 310 g/mol. The average molecular weight is 335 g/mol. The van der Waals surface area contributed by atoms with Gasteiger partial charge in [0.15, 0.2) is 0 Å². The van der Waals surface area contributed by atoms with Gasteiger partial charge in [0.2, 0.25) is 11.8 Å². The zero-order valence-corrected chi connectivity index (χ0v) is 14.3. The third kappa shape index (κ3) is 3.79. The predicted molar refractivity (Wildman–Crippen MR) is 87.3 cm³/mol. The fourth-order valence-electron chi connectivity index (χ4n) is 3.31. The number of carbonyl (C=O) groups excluding carboxylic acids is 2. The van der Waals surface area contributed by atoms with Crippen molar-refractivity contribution in [3.63, 3.8) is 0 Å². The summed E-state index contributed by atoms with van der Waals surface area (Å²) in [5, 5.41) is 3.01. The average Bonchev–Trinajstić information content (AvgIpc) is 3.15. The molecule has 0 aromatic carbocycles. The molecular formula is C17H25N3O4. The second-order valence-electron chi connectivity index (χ2n) is 6.53. The fourth-order valence-corrected chi connectivity index (χ4v) is 3.31. The number of amides is 2. The molecule has 2 saturated heterocycles. The van der Waals surface area contributed by atoms with Crippen molar-refractivity contribution in [3.8, 4) is 0 Å². The molecule has 7 nitrogen and oxygen atoms in total. The van der Waals surface area contributed by atoms with Crippen molar-refractivity contribution < 1.29 is 18.7 Å². The van der Waals surface area contributed by atoms with Crippen LogP contribution in [0.1, 0.15) is 24.0 Å². The van der Waals surface area contributed by atoms with Crippen LogP contribution in [0.25, 0.3) is 0 Å². The van der Waals surface area contributed by atoms with Gasteiger partial charge in [-0.15, -0.1) is 0 Å². The lowest BCUT2D eigenvalue weighted by molar-refractivity contribution is -0.128. The normalized spacial score (nSPS) is 23.5. The summed E-state index contributed by atoms with van der Waals surface area (Å²) in [5.74, 6) is 1.42. The van der Waals surface area contributed by atoms with Crippen LogP contribution in [-0.4, -0.2) is 68.1 Å². The Labute approximate surface area is 141 Å². The van der Waals surface area contributed by atoms with E-state index in [1.54, 1.807) is 11.9 Å². The first-order valence-electron chi connectivity index (χ1n) is 8.44. The van der Waals surface area contributed by atoms with Crippen molar-refractivity contribution in [1.82, 2.24) is 15.1 Å². The van der Waals surface area contributed by atoms with Crippen LogP contribution in [0.4, 0.5) is 0 Å². The second kappa shape index (κ2) is 7.36. The molecule has 0 unspecified atom stereocenters. The Hall–Kier alpha value is -1.86. The Morgan fingerprint density at radius 2 is 2.12 bits per heavy atom. The summed E-state index contributed by atoms with van der Waals surface area (Å²) >= 11 is 0. The van der Waals surface area contributed by atoms with Crippen LogP contribution in [0.15, 0.2) is 16.5 Å². The number of nitrogens with one attached hydrogen (secondary N) is 1. The maximum absolute atomic E-state index is 12.4. The maximum atomic E-state index is 12.4. The van der Waals surface area contributed by atoms with Crippen LogP contribution in [0.2, 0.25) is 0 Å². The molecule has 7 heteroatoms. The van der Waals surface area contributed by atoms with E-state index in [2.05, 4.69) is 10.2 Å². The Kier molecular flexibility index (Phi) is 5.20. The SMILES string of the molecule is Cc1ccc([C@@H](CNC(=O)[C@H]2CC(=O)N(C)C2)N2CCOCC2)o1. The zero-order valence-electron chi connectivity index (χ0n) is 14.3. The van der Waals surface area contributed by atoms with Gasteiger partial charge in [0, 0.05) is 39.6 Å². The summed E-state index contributed by atoms with van der Waals surface area (Å²) in [6.07, 6.45) is 0.296. The number of carbonyl (C=O) groups is 2. The molecule has 1 N–H and O–H groups in total. The summed E-state index contributed by atoms with van der Waals surface area (Å²) in [4.78, 5) is 27.9. The van der Waals surface area contributed by atoms with Gasteiger partial charge in [0.05, 0.1) is 25.2 Å². The molecule has 3 heterocycles. The zero-order chi connectivity index (χ0) is 17.1. The minimum atomic E-state index is -0.258. The van der Waals surface area contributed by atoms with Gasteiger partial charge in [-0.1, -0.05) is 0 Å². The number of rotatable bonds is 5. The van der Waals surface area contributed by atoms with Crippen molar-refractivity contribution in [2.24, 2.45) is 5.92 Å². The Morgan fingerprint density at radius 1 is 1.38 bits per heavy atom. The third-order valence-corrected chi connectivity index (χ3v) is 4.76. The van der Waals surface area contributed by atoms with Crippen molar-refractivity contribution in [1.29, 1.82) is 0 Å². The molecule has 3 rings (SSSR count). The van der Waals surface area contributed by atoms with Crippen LogP contribution in [0, 0.1) is 12.8 Å². The monoisotopic (exact) mass is 335 g/mol. The number of morpholine rings is 1. The first-order chi connectivity index (χ1) is 11.5. The lowest BCUT2D eigenvalue weighted by Crippen LogP contribution is -2.44. The second-order valence-corrected chi connectivity index (χ2v) is 6.53. The van der Waals surface area contributed by atoms with E-state index in [-0.39, 0.29) is 23.8 Å². The van der Waals surface area contributed by atoms with Crippen LogP contribution in [0.5, 0.6) is 0 Å². The molecule has 2 fully saturated rings. The minimum Gasteiger partial charge on any atom is -0.465 e. The topological polar surface area (TPSA) is 75.0 Å². The smallest absolute Gasteiger partial charge is 0.225 e. The number of aryl methyl sites for hydroxylation is 1. The number of hydrogen-bond acceptors (Lipinski definition) is 5. The van der Waals surface area contributed by atoms with Crippen LogP contribution < -0.4 is 5.32 Å². The van der Waals surface area contributed by atoms with Crippen LogP contribution in [0.3, 0.4) is 0 Å². The minimum absolute atomic E-state index is 0.0126. The van der Waals surface area contributed by atoms with E-state index in [0.717, 1.165) is 24.6 Å². The van der Waals surface area contributed by atoms with Gasteiger partial charge in [0.1, 0.15) is 11.5 Å². The Morgan fingerprint density at radius 3 is 2.71 bits per heavy atom. The van der Waals surface area contributed by atoms with Crippen LogP contribution >= 0.6 is 0 Å². The van der Waals surface area contributed by atoms with Crippen molar-refractivity contribution in [2.75, 3.05) is 46.4 Å². The summed E-state index contributed by atoms with van der Waals surface area (Å²) in [6.45, 7) is 5.87. The summed E-state index contributed by atoms with van der Waals surface area (Å²) in [7, 11) is 1.73. The molecule has 24 heavy (non-hydrogen) atoms. The fraction of sp³-hybridized carbons (Fsp3) is 0.647. The van der Waals surface area contributed by atoms with Gasteiger partial charge >= 0.3 is 0 Å². The Balaban J connectivity index is 1.63. The highest BCUT2D eigenvalue weighted by molar-refractivity contribution is 5.89. The van der Waals surface area contributed by atoms with E-state index < -0.39 is 0 Å². The highest BCUT2D eigenvalue weighted by Gasteiger charge is 2.33. The number of ether oxygens (including phenoxy) is 1. The highest BCUT2D eigenvalue weighted by atomic mass is 16.5. The van der Waals surface area contributed by atoms with Crippen molar-refractivity contribution in [2.45, 2.75) is 19.4 Å². The van der Waals surface area contributed by atoms with E-state index in [0.29, 0.717) is 32.7 Å². The van der Waals surface area contributed by atoms with E-state index in [9.17, 15) is 9.59 Å². The molecule has 0 radical (unpaired) electrons. The lowest BCUT2D eigenvalue weighted by Gasteiger charge is -2.33. The predicted octanol–water partition coefficient (Wildman–Crippen LogP) is 0.556. The maximum Gasteiger partial charge on any atom is 0.225 e. The largest absolute Gasteiger partial charge is 0.465 e. The number of likely N-dealkylation sites (tertiary alicyclic amines) is 1. The van der Waals surface area contributed by atoms with E-state index >= 15 is 0 Å². The van der Waals surface area contributed by atoms with Gasteiger partial charge in [-0.25, -0.2) is 0 Å². The molecule has 0 saturated carbocycles. The lowest BCUT2D eigenvalue weighted by atomic mass is 10.1. The van der Waals surface area contributed by atoms with Crippen molar-refractivity contribution in [3.05, 3.63) is 23.7 Å². The van der Waals surface area contributed by atoms with Gasteiger partial charge in [-0.05, 0) is 19.1 Å². The Bertz CT molecular complexity index is 594. The number of hydrogen-bond donors (Lipinski definition) is 1. The van der Waals surface area contributed by atoms with E-state index in [1.807, 2.05) is 19.1 Å². The molecule has 2 atom stereocenters. The first kappa shape index (κ1) is 17.0. The van der Waals surface area contributed by atoms with Crippen molar-refractivity contribution >= 4 is 11.8 Å². The molecule has 132 valence electrons. The van der Waals surface area contributed by atoms with Crippen LogP contribution in [-0.2, 0) is 14.3 Å². The number of furan rings is 1. The van der Waals surface area contributed by atoms with E-state index in [1.165, 1.54) is 0 Å². The standard InChI is InChI=1S/C17H25N3O4/c1-12-3-4-15(24-12)14(20-5-7-23-8-6-20)10-18-17(22)13-9-16(21)19(2)11-13/h3-4,13-14H,5-11H2,1-2H3,(H,18,22)/t13-,14+/m0/s1. The third-order valence-electron chi connectivity index (χ3n) is 4.76. The molecule has 2 aliphatic heterocycles. The van der Waals surface area contributed by atoms with Gasteiger partial charge < -0.3 is 19.4 Å². The molecule has 2 aliphatic rings. The number of nitrogens with zero attached hydrogens (tertiary/aromatic N) is 2. The summed E-state index contributed by atoms with van der Waals surface area (Å²) in [5.41, 5.74) is 0. The molecule has 2 amide bonds. The molecule has 1 aromatic rings. The first-order valence-corrected chi connectivity index (χ1v) is 8.44.